The fraction of sp³-hybridized carbons (Fsp3) is 1.00. The van der Waals surface area contributed by atoms with Crippen molar-refractivity contribution in [2.75, 3.05) is 26.2 Å². The summed E-state index contributed by atoms with van der Waals surface area (Å²) in [7, 11) is 0. The van der Waals surface area contributed by atoms with Gasteiger partial charge in [0.2, 0.25) is 0 Å². The van der Waals surface area contributed by atoms with E-state index in [9.17, 15) is 0 Å². The second-order valence-corrected chi connectivity index (χ2v) is 4.80. The molecule has 2 aliphatic heterocycles. The van der Waals surface area contributed by atoms with Gasteiger partial charge in [-0.1, -0.05) is 6.92 Å². The van der Waals surface area contributed by atoms with E-state index in [1.165, 1.54) is 51.9 Å². The maximum atomic E-state index is 3.65. The van der Waals surface area contributed by atoms with E-state index >= 15 is 0 Å². The Morgan fingerprint density at radius 3 is 2.62 bits per heavy atom. The summed E-state index contributed by atoms with van der Waals surface area (Å²) in [5.74, 6) is 0.898. The number of nitrogens with zero attached hydrogens (tertiary/aromatic N) is 1. The lowest BCUT2D eigenvalue weighted by Crippen LogP contribution is -2.45. The molecule has 2 heteroatoms. The maximum absolute atomic E-state index is 3.65. The third-order valence-electron chi connectivity index (χ3n) is 3.44. The van der Waals surface area contributed by atoms with Crippen molar-refractivity contribution in [3.63, 3.8) is 0 Å². The first kappa shape index (κ1) is 9.47. The monoisotopic (exact) mass is 182 g/mol. The van der Waals surface area contributed by atoms with Crippen molar-refractivity contribution in [1.82, 2.24) is 10.2 Å². The highest BCUT2D eigenvalue weighted by Crippen LogP contribution is 2.16. The van der Waals surface area contributed by atoms with E-state index in [4.69, 9.17) is 0 Å². The smallest absolute Gasteiger partial charge is 0.0195 e. The molecule has 2 rings (SSSR count). The molecule has 0 aliphatic carbocycles. The molecule has 2 heterocycles. The van der Waals surface area contributed by atoms with Crippen molar-refractivity contribution in [2.45, 2.75) is 38.6 Å². The lowest BCUT2D eigenvalue weighted by molar-refractivity contribution is 0.241. The minimum Gasteiger partial charge on any atom is -0.312 e. The topological polar surface area (TPSA) is 15.3 Å². The number of piperidine rings is 1. The van der Waals surface area contributed by atoms with Gasteiger partial charge in [0, 0.05) is 12.6 Å². The molecule has 0 aromatic carbocycles. The van der Waals surface area contributed by atoms with Gasteiger partial charge in [-0.3, -0.25) is 0 Å². The molecule has 0 radical (unpaired) electrons. The largest absolute Gasteiger partial charge is 0.312 e. The minimum atomic E-state index is 0.786. The fourth-order valence-electron chi connectivity index (χ4n) is 2.49. The molecule has 2 atom stereocenters. The average Bonchev–Trinajstić information content (AvgIpc) is 2.62. The van der Waals surface area contributed by atoms with Crippen LogP contribution in [-0.2, 0) is 0 Å². The molecule has 2 saturated heterocycles. The normalized spacial score (nSPS) is 36.7. The zero-order chi connectivity index (χ0) is 9.10. The van der Waals surface area contributed by atoms with Crippen LogP contribution in [0.5, 0.6) is 0 Å². The Balaban J connectivity index is 1.69. The van der Waals surface area contributed by atoms with Crippen LogP contribution in [0.3, 0.4) is 0 Å². The lowest BCUT2D eigenvalue weighted by atomic mass is 9.96. The first-order valence-corrected chi connectivity index (χ1v) is 5.80. The number of nitrogens with one attached hydrogen (secondary N) is 1. The summed E-state index contributed by atoms with van der Waals surface area (Å²) in [4.78, 5) is 2.62. The summed E-state index contributed by atoms with van der Waals surface area (Å²) >= 11 is 0. The Labute approximate surface area is 81.7 Å². The fourth-order valence-corrected chi connectivity index (χ4v) is 2.49. The molecule has 1 N–H and O–H groups in total. The number of likely N-dealkylation sites (tertiary alicyclic amines) is 1. The molecule has 0 spiro atoms. The standard InChI is InChI=1S/C11H22N2/c1-10-4-5-11(12-8-10)9-13-6-2-3-7-13/h10-12H,2-9H2,1H3/t10-,11+/m0/s1. The molecule has 0 bridgehead atoms. The van der Waals surface area contributed by atoms with Crippen LogP contribution >= 0.6 is 0 Å². The zero-order valence-electron chi connectivity index (χ0n) is 8.76. The second-order valence-electron chi connectivity index (χ2n) is 4.80. The molecular formula is C11H22N2. The predicted molar refractivity (Wildman–Crippen MR) is 55.9 cm³/mol. The average molecular weight is 182 g/mol. The van der Waals surface area contributed by atoms with Crippen LogP contribution in [0.2, 0.25) is 0 Å². The van der Waals surface area contributed by atoms with E-state index in [1.54, 1.807) is 0 Å². The number of rotatable bonds is 2. The molecule has 0 amide bonds. The number of hydrogen-bond acceptors (Lipinski definition) is 2. The summed E-state index contributed by atoms with van der Waals surface area (Å²) < 4.78 is 0. The van der Waals surface area contributed by atoms with Gasteiger partial charge < -0.3 is 10.2 Å². The van der Waals surface area contributed by atoms with Gasteiger partial charge in [-0.05, 0) is 51.2 Å². The first-order chi connectivity index (χ1) is 6.34. The maximum Gasteiger partial charge on any atom is 0.0195 e. The summed E-state index contributed by atoms with van der Waals surface area (Å²) in [6.45, 7) is 7.56. The molecule has 2 aliphatic rings. The van der Waals surface area contributed by atoms with E-state index in [-0.39, 0.29) is 0 Å². The minimum absolute atomic E-state index is 0.786. The predicted octanol–water partition coefficient (Wildman–Crippen LogP) is 1.47. The highest BCUT2D eigenvalue weighted by molar-refractivity contribution is 4.80. The van der Waals surface area contributed by atoms with Gasteiger partial charge in [0.15, 0.2) is 0 Å². The van der Waals surface area contributed by atoms with Crippen LogP contribution in [0.1, 0.15) is 32.6 Å². The van der Waals surface area contributed by atoms with Crippen LogP contribution in [0, 0.1) is 5.92 Å². The van der Waals surface area contributed by atoms with E-state index in [2.05, 4.69) is 17.1 Å². The third kappa shape index (κ3) is 2.68. The molecule has 2 nitrogen and oxygen atoms in total. The van der Waals surface area contributed by atoms with Crippen molar-refractivity contribution in [3.8, 4) is 0 Å². The molecule has 76 valence electrons. The molecular weight excluding hydrogens is 160 g/mol. The molecule has 0 aromatic heterocycles. The van der Waals surface area contributed by atoms with E-state index in [1.807, 2.05) is 0 Å². The molecule has 0 unspecified atom stereocenters. The Hall–Kier alpha value is -0.0800. The second kappa shape index (κ2) is 4.43. The highest BCUT2D eigenvalue weighted by atomic mass is 15.2. The lowest BCUT2D eigenvalue weighted by Gasteiger charge is -2.30. The van der Waals surface area contributed by atoms with Crippen molar-refractivity contribution >= 4 is 0 Å². The van der Waals surface area contributed by atoms with E-state index in [0.717, 1.165) is 12.0 Å². The quantitative estimate of drug-likeness (QED) is 0.695. The Morgan fingerprint density at radius 1 is 1.23 bits per heavy atom. The van der Waals surface area contributed by atoms with Crippen LogP contribution in [0.4, 0.5) is 0 Å². The highest BCUT2D eigenvalue weighted by Gasteiger charge is 2.21. The van der Waals surface area contributed by atoms with Gasteiger partial charge in [-0.15, -0.1) is 0 Å². The summed E-state index contributed by atoms with van der Waals surface area (Å²) in [6, 6.07) is 0.786. The summed E-state index contributed by atoms with van der Waals surface area (Å²) in [5, 5.41) is 3.65. The van der Waals surface area contributed by atoms with Gasteiger partial charge in [0.05, 0.1) is 0 Å². The van der Waals surface area contributed by atoms with Crippen molar-refractivity contribution in [1.29, 1.82) is 0 Å². The van der Waals surface area contributed by atoms with Gasteiger partial charge >= 0.3 is 0 Å². The Bertz CT molecular complexity index is 144. The van der Waals surface area contributed by atoms with E-state index < -0.39 is 0 Å². The molecule has 2 fully saturated rings. The van der Waals surface area contributed by atoms with Gasteiger partial charge in [-0.25, -0.2) is 0 Å². The van der Waals surface area contributed by atoms with Crippen molar-refractivity contribution in [3.05, 3.63) is 0 Å². The SMILES string of the molecule is C[C@H]1CC[C@H](CN2CCCC2)NC1. The van der Waals surface area contributed by atoms with Gasteiger partial charge in [0.25, 0.3) is 0 Å². The van der Waals surface area contributed by atoms with Gasteiger partial charge in [-0.2, -0.15) is 0 Å². The van der Waals surface area contributed by atoms with E-state index in [0.29, 0.717) is 0 Å². The molecule has 0 aromatic rings. The zero-order valence-corrected chi connectivity index (χ0v) is 8.76. The van der Waals surface area contributed by atoms with Crippen LogP contribution in [0.15, 0.2) is 0 Å². The first-order valence-electron chi connectivity index (χ1n) is 5.80. The van der Waals surface area contributed by atoms with Crippen LogP contribution < -0.4 is 5.32 Å². The Kier molecular flexibility index (Phi) is 3.23. The van der Waals surface area contributed by atoms with Gasteiger partial charge in [0.1, 0.15) is 0 Å². The van der Waals surface area contributed by atoms with Crippen molar-refractivity contribution in [2.24, 2.45) is 5.92 Å². The van der Waals surface area contributed by atoms with Crippen molar-refractivity contribution < 1.29 is 0 Å². The molecule has 13 heavy (non-hydrogen) atoms. The summed E-state index contributed by atoms with van der Waals surface area (Å²) in [6.07, 6.45) is 5.65. The summed E-state index contributed by atoms with van der Waals surface area (Å²) in [5.41, 5.74) is 0. The molecule has 0 saturated carbocycles. The number of hydrogen-bond donors (Lipinski definition) is 1. The van der Waals surface area contributed by atoms with Crippen LogP contribution in [-0.4, -0.2) is 37.1 Å². The third-order valence-corrected chi connectivity index (χ3v) is 3.44. The Morgan fingerprint density at radius 2 is 2.00 bits per heavy atom. The van der Waals surface area contributed by atoms with Crippen LogP contribution in [0.25, 0.3) is 0 Å².